The Morgan fingerprint density at radius 3 is 2.36 bits per heavy atom. The molecule has 4 heteroatoms. The molecule has 1 heterocycles. The highest BCUT2D eigenvalue weighted by atomic mass is 16.7. The standard InChI is InChI=1S/C7H14N2O2/c1-7(10)11-9-5-3-8(2)4-6-9/h10H,1,3-6H2,2H3. The van der Waals surface area contributed by atoms with Crippen molar-refractivity contribution in [1.82, 2.24) is 9.96 Å². The van der Waals surface area contributed by atoms with Gasteiger partial charge in [0.05, 0.1) is 0 Å². The maximum absolute atomic E-state index is 8.70. The molecule has 1 rings (SSSR count). The van der Waals surface area contributed by atoms with Gasteiger partial charge in [-0.2, -0.15) is 0 Å². The summed E-state index contributed by atoms with van der Waals surface area (Å²) in [4.78, 5) is 7.12. The van der Waals surface area contributed by atoms with Gasteiger partial charge < -0.3 is 14.8 Å². The molecule has 0 bridgehead atoms. The van der Waals surface area contributed by atoms with Gasteiger partial charge in [0.25, 0.3) is 5.95 Å². The molecular weight excluding hydrogens is 144 g/mol. The first-order valence-corrected chi connectivity index (χ1v) is 3.68. The normalized spacial score (nSPS) is 21.5. The van der Waals surface area contributed by atoms with E-state index in [1.54, 1.807) is 5.06 Å². The number of hydrogen-bond donors (Lipinski definition) is 1. The zero-order valence-electron chi connectivity index (χ0n) is 6.79. The molecule has 0 aromatic rings. The Bertz CT molecular complexity index is 141. The molecule has 11 heavy (non-hydrogen) atoms. The highest BCUT2D eigenvalue weighted by Crippen LogP contribution is 2.01. The number of aliphatic hydroxyl groups is 1. The predicted molar refractivity (Wildman–Crippen MR) is 41.9 cm³/mol. The minimum absolute atomic E-state index is 0.227. The molecular formula is C7H14N2O2. The zero-order valence-corrected chi connectivity index (χ0v) is 6.79. The van der Waals surface area contributed by atoms with Crippen molar-refractivity contribution in [3.05, 3.63) is 12.5 Å². The van der Waals surface area contributed by atoms with Crippen LogP contribution in [-0.2, 0) is 4.84 Å². The molecule has 0 unspecified atom stereocenters. The van der Waals surface area contributed by atoms with E-state index in [4.69, 9.17) is 9.94 Å². The average Bonchev–Trinajstić information content (AvgIpc) is 1.93. The average molecular weight is 158 g/mol. The van der Waals surface area contributed by atoms with E-state index in [1.165, 1.54) is 0 Å². The fourth-order valence-corrected chi connectivity index (χ4v) is 1.03. The third kappa shape index (κ3) is 2.78. The van der Waals surface area contributed by atoms with E-state index in [-0.39, 0.29) is 5.95 Å². The van der Waals surface area contributed by atoms with Gasteiger partial charge >= 0.3 is 0 Å². The molecule has 1 aliphatic rings. The number of hydroxylamine groups is 2. The fraction of sp³-hybridized carbons (Fsp3) is 0.714. The molecule has 1 fully saturated rings. The van der Waals surface area contributed by atoms with Crippen molar-refractivity contribution in [2.45, 2.75) is 0 Å². The summed E-state index contributed by atoms with van der Waals surface area (Å²) >= 11 is 0. The molecule has 0 aliphatic carbocycles. The first-order valence-electron chi connectivity index (χ1n) is 3.68. The van der Waals surface area contributed by atoms with Crippen molar-refractivity contribution in [1.29, 1.82) is 0 Å². The monoisotopic (exact) mass is 158 g/mol. The van der Waals surface area contributed by atoms with Gasteiger partial charge in [0.2, 0.25) is 0 Å². The summed E-state index contributed by atoms with van der Waals surface area (Å²) < 4.78 is 0. The Hall–Kier alpha value is -0.740. The summed E-state index contributed by atoms with van der Waals surface area (Å²) in [6.45, 7) is 6.81. The Morgan fingerprint density at radius 1 is 1.36 bits per heavy atom. The van der Waals surface area contributed by atoms with Gasteiger partial charge in [-0.25, -0.2) is 0 Å². The van der Waals surface area contributed by atoms with Gasteiger partial charge in [0, 0.05) is 26.2 Å². The Balaban J connectivity index is 2.22. The van der Waals surface area contributed by atoms with Crippen LogP contribution in [0.15, 0.2) is 12.5 Å². The Kier molecular flexibility index (Phi) is 2.73. The second-order valence-corrected chi connectivity index (χ2v) is 2.72. The lowest BCUT2D eigenvalue weighted by Gasteiger charge is -2.30. The van der Waals surface area contributed by atoms with Crippen molar-refractivity contribution >= 4 is 0 Å². The third-order valence-corrected chi connectivity index (χ3v) is 1.70. The van der Waals surface area contributed by atoms with E-state index in [9.17, 15) is 0 Å². The smallest absolute Gasteiger partial charge is 0.289 e. The largest absolute Gasteiger partial charge is 0.480 e. The Morgan fingerprint density at radius 2 is 1.91 bits per heavy atom. The van der Waals surface area contributed by atoms with Gasteiger partial charge in [-0.15, -0.1) is 5.06 Å². The second kappa shape index (κ2) is 3.59. The number of rotatable bonds is 2. The number of hydrogen-bond acceptors (Lipinski definition) is 4. The van der Waals surface area contributed by atoms with Crippen LogP contribution < -0.4 is 0 Å². The molecule has 0 atom stereocenters. The van der Waals surface area contributed by atoms with Crippen molar-refractivity contribution < 1.29 is 9.94 Å². The quantitative estimate of drug-likeness (QED) is 0.582. The molecule has 0 saturated carbocycles. The molecule has 1 N–H and O–H groups in total. The van der Waals surface area contributed by atoms with Crippen molar-refractivity contribution in [2.24, 2.45) is 0 Å². The highest BCUT2D eigenvalue weighted by Gasteiger charge is 2.14. The summed E-state index contributed by atoms with van der Waals surface area (Å²) in [5.41, 5.74) is 0. The van der Waals surface area contributed by atoms with Crippen molar-refractivity contribution in [3.63, 3.8) is 0 Å². The van der Waals surface area contributed by atoms with E-state index >= 15 is 0 Å². The Labute approximate surface area is 66.6 Å². The van der Waals surface area contributed by atoms with Crippen LogP contribution in [0.25, 0.3) is 0 Å². The second-order valence-electron chi connectivity index (χ2n) is 2.72. The molecule has 4 nitrogen and oxygen atoms in total. The van der Waals surface area contributed by atoms with Gasteiger partial charge in [-0.05, 0) is 13.6 Å². The lowest BCUT2D eigenvalue weighted by molar-refractivity contribution is -0.171. The lowest BCUT2D eigenvalue weighted by Crippen LogP contribution is -2.44. The van der Waals surface area contributed by atoms with Crippen LogP contribution in [0.4, 0.5) is 0 Å². The minimum atomic E-state index is -0.227. The molecule has 0 spiro atoms. The highest BCUT2D eigenvalue weighted by molar-refractivity contribution is 4.67. The van der Waals surface area contributed by atoms with E-state index in [0.29, 0.717) is 0 Å². The molecule has 0 amide bonds. The van der Waals surface area contributed by atoms with E-state index in [0.717, 1.165) is 26.2 Å². The summed E-state index contributed by atoms with van der Waals surface area (Å²) in [6.07, 6.45) is 0. The van der Waals surface area contributed by atoms with Crippen LogP contribution in [0, 0.1) is 0 Å². The number of nitrogens with zero attached hydrogens (tertiary/aromatic N) is 2. The number of likely N-dealkylation sites (N-methyl/N-ethyl adjacent to an activating group) is 1. The van der Waals surface area contributed by atoms with Crippen LogP contribution in [0.3, 0.4) is 0 Å². The van der Waals surface area contributed by atoms with Crippen LogP contribution in [0.2, 0.25) is 0 Å². The topological polar surface area (TPSA) is 35.9 Å². The molecule has 0 radical (unpaired) electrons. The van der Waals surface area contributed by atoms with Crippen LogP contribution in [0.1, 0.15) is 0 Å². The first-order chi connectivity index (χ1) is 5.18. The first kappa shape index (κ1) is 8.36. The summed E-state index contributed by atoms with van der Waals surface area (Å²) in [7, 11) is 2.06. The van der Waals surface area contributed by atoms with E-state index < -0.39 is 0 Å². The van der Waals surface area contributed by atoms with Crippen LogP contribution in [0.5, 0.6) is 0 Å². The third-order valence-electron chi connectivity index (χ3n) is 1.70. The van der Waals surface area contributed by atoms with Crippen LogP contribution in [-0.4, -0.2) is 48.3 Å². The van der Waals surface area contributed by atoms with Gasteiger partial charge in [0.1, 0.15) is 0 Å². The van der Waals surface area contributed by atoms with Gasteiger partial charge in [-0.3, -0.25) is 0 Å². The molecule has 1 aliphatic heterocycles. The molecule has 0 aromatic carbocycles. The molecule has 0 aromatic heterocycles. The number of aliphatic hydroxyl groups excluding tert-OH is 1. The molecule has 64 valence electrons. The predicted octanol–water partition coefficient (Wildman–Crippen LogP) is 0.195. The van der Waals surface area contributed by atoms with Gasteiger partial charge in [0.15, 0.2) is 0 Å². The molecule has 1 saturated heterocycles. The van der Waals surface area contributed by atoms with Crippen molar-refractivity contribution in [2.75, 3.05) is 33.2 Å². The lowest BCUT2D eigenvalue weighted by atomic mass is 10.4. The summed E-state index contributed by atoms with van der Waals surface area (Å²) in [6, 6.07) is 0. The SMILES string of the molecule is C=C(O)ON1CCN(C)CC1. The zero-order chi connectivity index (χ0) is 8.27. The number of piperazine rings is 1. The summed E-state index contributed by atoms with van der Waals surface area (Å²) in [5.74, 6) is -0.227. The van der Waals surface area contributed by atoms with Crippen molar-refractivity contribution in [3.8, 4) is 0 Å². The minimum Gasteiger partial charge on any atom is -0.480 e. The van der Waals surface area contributed by atoms with E-state index in [1.807, 2.05) is 0 Å². The fourth-order valence-electron chi connectivity index (χ4n) is 1.03. The summed E-state index contributed by atoms with van der Waals surface area (Å²) in [5, 5.41) is 10.4. The maximum Gasteiger partial charge on any atom is 0.289 e. The van der Waals surface area contributed by atoms with Crippen LogP contribution >= 0.6 is 0 Å². The van der Waals surface area contributed by atoms with Gasteiger partial charge in [-0.1, -0.05) is 0 Å². The maximum atomic E-state index is 8.70. The van der Waals surface area contributed by atoms with E-state index in [2.05, 4.69) is 18.5 Å².